The molecule has 1 amide bonds. The second-order valence-electron chi connectivity index (χ2n) is 1.74. The van der Waals surface area contributed by atoms with Gasteiger partial charge in [0.25, 0.3) is 5.91 Å². The number of rotatable bonds is 2. The predicted molar refractivity (Wildman–Crippen MR) is 33.8 cm³/mol. The van der Waals surface area contributed by atoms with Gasteiger partial charge in [-0.15, -0.1) is 0 Å². The van der Waals surface area contributed by atoms with Crippen LogP contribution in [0.5, 0.6) is 0 Å². The van der Waals surface area contributed by atoms with Crippen LogP contribution in [-0.4, -0.2) is 21.0 Å². The Labute approximate surface area is 60.3 Å². The van der Waals surface area contributed by atoms with Crippen LogP contribution in [0.1, 0.15) is 10.4 Å². The Balaban J connectivity index is 3.16. The zero-order valence-corrected chi connectivity index (χ0v) is 5.27. The van der Waals surface area contributed by atoms with Crippen molar-refractivity contribution in [2.75, 3.05) is 0 Å². The van der Waals surface area contributed by atoms with Crippen LogP contribution >= 0.6 is 0 Å². The normalized spacial score (nSPS) is 9.45. The van der Waals surface area contributed by atoms with Gasteiger partial charge >= 0.3 is 5.82 Å². The van der Waals surface area contributed by atoms with Gasteiger partial charge in [0.15, 0.2) is 5.56 Å². The summed E-state index contributed by atoms with van der Waals surface area (Å²) in [6, 6.07) is 0. The first kappa shape index (κ1) is 7.19. The minimum atomic E-state index is -0.870. The first-order valence-electron chi connectivity index (χ1n) is 2.61. The Morgan fingerprint density at radius 3 is 2.82 bits per heavy atom. The summed E-state index contributed by atoms with van der Waals surface area (Å²) in [5.74, 6) is -1.41. The number of carbonyl (C=O) groups excluding carboxylic acids is 1. The fraction of sp³-hybridized carbons (Fsp3) is 0. The zero-order chi connectivity index (χ0) is 8.43. The van der Waals surface area contributed by atoms with Crippen LogP contribution in [0.3, 0.4) is 0 Å². The van der Waals surface area contributed by atoms with Gasteiger partial charge < -0.3 is 15.8 Å². The molecule has 0 aliphatic rings. The minimum Gasteiger partial charge on any atom is -0.365 e. The minimum absolute atomic E-state index is 0.213. The van der Waals surface area contributed by atoms with Crippen molar-refractivity contribution in [3.63, 3.8) is 0 Å². The number of hydrogen-bond acceptors (Lipinski definition) is 4. The highest BCUT2D eigenvalue weighted by Crippen LogP contribution is 2.11. The number of aromatic nitrogens is 2. The fourth-order valence-corrected chi connectivity index (χ4v) is 0.603. The van der Waals surface area contributed by atoms with Crippen molar-refractivity contribution in [2.45, 2.75) is 0 Å². The molecule has 0 aliphatic heterocycles. The average Bonchev–Trinajstić information content (AvgIpc) is 2.32. The monoisotopic (exact) mass is 156 g/mol. The molecule has 58 valence electrons. The summed E-state index contributed by atoms with van der Waals surface area (Å²) in [7, 11) is 0. The summed E-state index contributed by atoms with van der Waals surface area (Å²) in [6.45, 7) is 0. The van der Waals surface area contributed by atoms with Crippen molar-refractivity contribution < 1.29 is 9.72 Å². The molecule has 0 spiro atoms. The number of carbonyl (C=O) groups is 1. The molecule has 3 N–H and O–H groups in total. The largest absolute Gasteiger partial charge is 0.402 e. The van der Waals surface area contributed by atoms with Gasteiger partial charge in [-0.05, 0) is 4.92 Å². The highest BCUT2D eigenvalue weighted by Gasteiger charge is 2.20. The topological polar surface area (TPSA) is 115 Å². The number of nitrogens with two attached hydrogens (primary N) is 1. The van der Waals surface area contributed by atoms with E-state index in [1.165, 1.54) is 0 Å². The molecule has 0 radical (unpaired) electrons. The van der Waals surface area contributed by atoms with E-state index in [1.807, 2.05) is 0 Å². The standard InChI is InChI=1S/C4H4N4O3/c5-3(9)2-1-6-7-4(2)8(10)11/h1H,(H2,5,9)(H,6,7). The Morgan fingerprint density at radius 1 is 1.82 bits per heavy atom. The molecule has 1 rings (SSSR count). The lowest BCUT2D eigenvalue weighted by molar-refractivity contribution is -0.389. The summed E-state index contributed by atoms with van der Waals surface area (Å²) < 4.78 is 0. The Hall–Kier alpha value is -1.92. The van der Waals surface area contributed by atoms with E-state index in [9.17, 15) is 14.9 Å². The molecular formula is C4H4N4O3. The number of nitrogens with one attached hydrogen (secondary N) is 1. The lowest BCUT2D eigenvalue weighted by Gasteiger charge is -1.88. The quantitative estimate of drug-likeness (QED) is 0.440. The number of hydrogen-bond donors (Lipinski definition) is 2. The SMILES string of the molecule is NC(=O)c1c[nH]nc1[N+](=O)[O-]. The van der Waals surface area contributed by atoms with Gasteiger partial charge in [-0.2, -0.15) is 5.10 Å². The molecule has 0 bridgehead atoms. The van der Waals surface area contributed by atoms with E-state index < -0.39 is 16.6 Å². The van der Waals surface area contributed by atoms with Gasteiger partial charge in [-0.1, -0.05) is 0 Å². The van der Waals surface area contributed by atoms with Crippen LogP contribution in [0.2, 0.25) is 0 Å². The highest BCUT2D eigenvalue weighted by molar-refractivity contribution is 5.95. The van der Waals surface area contributed by atoms with Gasteiger partial charge in [0.05, 0.1) is 11.3 Å². The Morgan fingerprint density at radius 2 is 2.45 bits per heavy atom. The van der Waals surface area contributed by atoms with Gasteiger partial charge in [0.2, 0.25) is 0 Å². The molecule has 0 fully saturated rings. The first-order chi connectivity index (χ1) is 5.13. The van der Waals surface area contributed by atoms with E-state index in [1.54, 1.807) is 0 Å². The van der Waals surface area contributed by atoms with Crippen molar-refractivity contribution in [1.82, 2.24) is 10.2 Å². The second-order valence-corrected chi connectivity index (χ2v) is 1.74. The molecule has 0 unspecified atom stereocenters. The number of amides is 1. The third-order valence-electron chi connectivity index (χ3n) is 1.06. The maximum absolute atomic E-state index is 10.4. The predicted octanol–water partition coefficient (Wildman–Crippen LogP) is -0.583. The lowest BCUT2D eigenvalue weighted by atomic mass is 10.3. The zero-order valence-electron chi connectivity index (χ0n) is 5.27. The second kappa shape index (κ2) is 2.37. The third kappa shape index (κ3) is 1.16. The number of primary amides is 1. The summed E-state index contributed by atoms with van der Waals surface area (Å²) in [6.07, 6.45) is 1.08. The van der Waals surface area contributed by atoms with E-state index in [-0.39, 0.29) is 5.56 Å². The summed E-state index contributed by atoms with van der Waals surface area (Å²) >= 11 is 0. The Kier molecular flexibility index (Phi) is 1.55. The van der Waals surface area contributed by atoms with Crippen LogP contribution in [0.15, 0.2) is 6.20 Å². The first-order valence-corrected chi connectivity index (χ1v) is 2.61. The van der Waals surface area contributed by atoms with Crippen LogP contribution in [0, 0.1) is 10.1 Å². The Bertz CT molecular complexity index is 276. The molecular weight excluding hydrogens is 152 g/mol. The lowest BCUT2D eigenvalue weighted by Crippen LogP contribution is -2.11. The summed E-state index contributed by atoms with van der Waals surface area (Å²) in [5, 5.41) is 15.5. The van der Waals surface area contributed by atoms with E-state index in [2.05, 4.69) is 10.2 Å². The molecule has 0 saturated heterocycles. The molecule has 0 aromatic carbocycles. The number of nitro groups is 1. The van der Waals surface area contributed by atoms with Crippen LogP contribution in [-0.2, 0) is 0 Å². The number of aromatic amines is 1. The van der Waals surface area contributed by atoms with Gasteiger partial charge in [0, 0.05) is 0 Å². The van der Waals surface area contributed by atoms with Crippen molar-refractivity contribution in [1.29, 1.82) is 0 Å². The maximum Gasteiger partial charge on any atom is 0.402 e. The molecule has 0 aliphatic carbocycles. The molecule has 7 nitrogen and oxygen atoms in total. The smallest absolute Gasteiger partial charge is 0.365 e. The molecule has 7 heteroatoms. The van der Waals surface area contributed by atoms with Crippen LogP contribution in [0.25, 0.3) is 0 Å². The van der Waals surface area contributed by atoms with E-state index in [0.29, 0.717) is 0 Å². The number of nitrogens with zero attached hydrogens (tertiary/aromatic N) is 2. The van der Waals surface area contributed by atoms with Crippen molar-refractivity contribution in [2.24, 2.45) is 5.73 Å². The maximum atomic E-state index is 10.4. The van der Waals surface area contributed by atoms with Gasteiger partial charge in [-0.3, -0.25) is 4.79 Å². The van der Waals surface area contributed by atoms with E-state index in [0.717, 1.165) is 6.20 Å². The molecule has 1 aromatic heterocycles. The van der Waals surface area contributed by atoms with Crippen molar-refractivity contribution in [3.8, 4) is 0 Å². The molecule has 0 saturated carbocycles. The van der Waals surface area contributed by atoms with E-state index >= 15 is 0 Å². The molecule has 1 heterocycles. The average molecular weight is 156 g/mol. The van der Waals surface area contributed by atoms with Crippen LogP contribution in [0.4, 0.5) is 5.82 Å². The number of H-pyrrole nitrogens is 1. The highest BCUT2D eigenvalue weighted by atomic mass is 16.6. The third-order valence-corrected chi connectivity index (χ3v) is 1.06. The molecule has 11 heavy (non-hydrogen) atoms. The summed E-state index contributed by atoms with van der Waals surface area (Å²) in [4.78, 5) is 19.8. The van der Waals surface area contributed by atoms with Crippen molar-refractivity contribution >= 4 is 11.7 Å². The van der Waals surface area contributed by atoms with Gasteiger partial charge in [-0.25, -0.2) is 0 Å². The summed E-state index contributed by atoms with van der Waals surface area (Å²) in [5.41, 5.74) is 4.58. The van der Waals surface area contributed by atoms with Gasteiger partial charge in [0.1, 0.15) is 0 Å². The fourth-order valence-electron chi connectivity index (χ4n) is 0.603. The molecule has 1 aromatic rings. The van der Waals surface area contributed by atoms with Crippen LogP contribution < -0.4 is 5.73 Å². The molecule has 0 atom stereocenters. The van der Waals surface area contributed by atoms with E-state index in [4.69, 9.17) is 5.73 Å². The van der Waals surface area contributed by atoms with Crippen molar-refractivity contribution in [3.05, 3.63) is 21.9 Å².